The van der Waals surface area contributed by atoms with Gasteiger partial charge in [-0.3, -0.25) is 0 Å². The van der Waals surface area contributed by atoms with Crippen molar-refractivity contribution in [2.75, 3.05) is 34.0 Å². The molecule has 4 heterocycles. The monoisotopic (exact) mass is 666 g/mol. The minimum Gasteiger partial charge on any atom is -0.504 e. The Kier molecular flexibility index (Phi) is 10.1. The van der Waals surface area contributed by atoms with E-state index in [1.807, 2.05) is 6.07 Å². The van der Waals surface area contributed by atoms with Crippen LogP contribution >= 0.6 is 0 Å². The predicted octanol–water partition coefficient (Wildman–Crippen LogP) is -0.485. The normalized spacial score (nSPS) is 40.2. The van der Waals surface area contributed by atoms with E-state index in [9.17, 15) is 35.7 Å². The summed E-state index contributed by atoms with van der Waals surface area (Å²) in [4.78, 5) is 0. The van der Waals surface area contributed by atoms with Crippen LogP contribution in [0, 0.1) is 11.8 Å². The van der Waals surface area contributed by atoms with E-state index in [2.05, 4.69) is 0 Å². The van der Waals surface area contributed by atoms with Crippen LogP contribution in [0.4, 0.5) is 0 Å². The van der Waals surface area contributed by atoms with Gasteiger partial charge in [-0.25, -0.2) is 0 Å². The zero-order chi connectivity index (χ0) is 33.6. The van der Waals surface area contributed by atoms with E-state index in [0.29, 0.717) is 24.7 Å². The summed E-state index contributed by atoms with van der Waals surface area (Å²) in [6.07, 6.45) is -14.8. The number of hydrogen-bond donors (Lipinski definition) is 7. The van der Waals surface area contributed by atoms with Crippen LogP contribution < -0.4 is 14.2 Å². The third-order valence-electron chi connectivity index (χ3n) is 9.46. The van der Waals surface area contributed by atoms with Crippen molar-refractivity contribution < 1.29 is 73.6 Å². The molecule has 6 rings (SSSR count). The lowest BCUT2D eigenvalue weighted by Gasteiger charge is -2.42. The van der Waals surface area contributed by atoms with Gasteiger partial charge in [-0.05, 0) is 42.3 Å². The number of methoxy groups -OCH3 is 2. The molecule has 0 unspecified atom stereocenters. The molecule has 47 heavy (non-hydrogen) atoms. The topological polar surface area (TPSA) is 215 Å². The van der Waals surface area contributed by atoms with Gasteiger partial charge in [-0.1, -0.05) is 12.1 Å². The van der Waals surface area contributed by atoms with Crippen LogP contribution in [-0.4, -0.2) is 131 Å². The molecule has 0 aliphatic carbocycles. The molecule has 0 spiro atoms. The fourth-order valence-electron chi connectivity index (χ4n) is 6.68. The first-order valence-corrected chi connectivity index (χ1v) is 15.5. The largest absolute Gasteiger partial charge is 0.504 e. The Bertz CT molecular complexity index is 1380. The van der Waals surface area contributed by atoms with Crippen molar-refractivity contribution in [2.45, 2.75) is 80.5 Å². The summed E-state index contributed by atoms with van der Waals surface area (Å²) in [7, 11) is 2.94. The lowest BCUT2D eigenvalue weighted by atomic mass is 9.85. The Morgan fingerprint density at radius 1 is 0.660 bits per heavy atom. The van der Waals surface area contributed by atoms with Crippen molar-refractivity contribution in [1.82, 2.24) is 0 Å². The maximum Gasteiger partial charge on any atom is 0.229 e. The van der Waals surface area contributed by atoms with E-state index in [4.69, 9.17) is 37.9 Å². The van der Waals surface area contributed by atoms with Crippen LogP contribution in [0.25, 0.3) is 0 Å². The summed E-state index contributed by atoms with van der Waals surface area (Å²) in [6, 6.07) is 10.3. The van der Waals surface area contributed by atoms with Gasteiger partial charge in [0.1, 0.15) is 42.7 Å². The number of hydrogen-bond acceptors (Lipinski definition) is 15. The summed E-state index contributed by atoms with van der Waals surface area (Å²) in [5, 5.41) is 72.0. The van der Waals surface area contributed by atoms with E-state index in [0.717, 1.165) is 11.1 Å². The third-order valence-corrected chi connectivity index (χ3v) is 9.46. The predicted molar refractivity (Wildman–Crippen MR) is 158 cm³/mol. The van der Waals surface area contributed by atoms with Gasteiger partial charge in [-0.2, -0.15) is 0 Å². The van der Waals surface area contributed by atoms with Crippen molar-refractivity contribution in [3.63, 3.8) is 0 Å². The average molecular weight is 667 g/mol. The molecule has 4 aliphatic heterocycles. The highest BCUT2D eigenvalue weighted by Crippen LogP contribution is 2.51. The van der Waals surface area contributed by atoms with Crippen molar-refractivity contribution in [1.29, 1.82) is 0 Å². The Labute approximate surface area is 270 Å². The SMILES string of the molecule is COc1cc([C@H]2OC[C@H]3[C@@H]2CO[C@@H]3c2ccc(O[C@@H]3O[C@H](CO[C@@H]4O[C@@H](C)[C@H](O)[C@@H](O)[C@H]4O)[C@@H](O)[C@H](O)[C@H]3O)c(OC)c2)ccc1O. The van der Waals surface area contributed by atoms with Crippen LogP contribution in [0.5, 0.6) is 23.0 Å². The molecule has 0 radical (unpaired) electrons. The van der Waals surface area contributed by atoms with E-state index >= 15 is 0 Å². The third kappa shape index (κ3) is 6.50. The molecule has 15 nitrogen and oxygen atoms in total. The lowest BCUT2D eigenvalue weighted by molar-refractivity contribution is -0.318. The van der Waals surface area contributed by atoms with Gasteiger partial charge in [0, 0.05) is 11.8 Å². The second-order valence-corrected chi connectivity index (χ2v) is 12.3. The van der Waals surface area contributed by atoms with E-state index in [-0.39, 0.29) is 35.5 Å². The first-order valence-electron chi connectivity index (χ1n) is 15.5. The second kappa shape index (κ2) is 14.0. The number of fused-ring (bicyclic) bond motifs is 1. The number of phenols is 1. The molecule has 7 N–H and O–H groups in total. The first-order chi connectivity index (χ1) is 22.5. The maximum absolute atomic E-state index is 10.7. The van der Waals surface area contributed by atoms with Crippen molar-refractivity contribution in [3.05, 3.63) is 47.5 Å². The van der Waals surface area contributed by atoms with Crippen LogP contribution in [0.3, 0.4) is 0 Å². The number of phenolic OH excluding ortho intramolecular Hbond substituents is 1. The number of aliphatic hydroxyl groups excluding tert-OH is 6. The minimum atomic E-state index is -1.68. The van der Waals surface area contributed by atoms with Gasteiger partial charge in [0.2, 0.25) is 6.29 Å². The van der Waals surface area contributed by atoms with Crippen molar-refractivity contribution in [3.8, 4) is 23.0 Å². The Hall–Kier alpha value is -2.80. The average Bonchev–Trinajstić information content (AvgIpc) is 3.69. The smallest absolute Gasteiger partial charge is 0.229 e. The number of benzene rings is 2. The summed E-state index contributed by atoms with van der Waals surface area (Å²) in [6.45, 7) is 1.99. The molecule has 260 valence electrons. The lowest BCUT2D eigenvalue weighted by Crippen LogP contribution is -2.61. The van der Waals surface area contributed by atoms with E-state index in [1.54, 1.807) is 30.3 Å². The first kappa shape index (κ1) is 34.1. The van der Waals surface area contributed by atoms with Crippen LogP contribution in [0.2, 0.25) is 0 Å². The minimum absolute atomic E-state index is 0.0381. The van der Waals surface area contributed by atoms with Gasteiger partial charge in [0.25, 0.3) is 0 Å². The highest BCUT2D eigenvalue weighted by molar-refractivity contribution is 5.45. The van der Waals surface area contributed by atoms with Crippen molar-refractivity contribution in [2.24, 2.45) is 11.8 Å². The molecule has 4 aliphatic rings. The fraction of sp³-hybridized carbons (Fsp3) is 0.625. The number of rotatable bonds is 9. The molecule has 0 bridgehead atoms. The molecule has 0 saturated carbocycles. The van der Waals surface area contributed by atoms with Gasteiger partial charge in [-0.15, -0.1) is 0 Å². The van der Waals surface area contributed by atoms with Crippen LogP contribution in [0.1, 0.15) is 30.3 Å². The zero-order valence-electron chi connectivity index (χ0n) is 26.1. The zero-order valence-corrected chi connectivity index (χ0v) is 26.1. The molecule has 15 heteroatoms. The molecular formula is C32H42O15. The molecular weight excluding hydrogens is 624 g/mol. The quantitative estimate of drug-likeness (QED) is 0.180. The molecule has 2 aromatic carbocycles. The Morgan fingerprint density at radius 2 is 1.23 bits per heavy atom. The van der Waals surface area contributed by atoms with Crippen LogP contribution in [-0.2, 0) is 23.7 Å². The molecule has 4 fully saturated rings. The number of ether oxygens (including phenoxy) is 8. The summed E-state index contributed by atoms with van der Waals surface area (Å²) in [5.74, 6) is 1.00. The van der Waals surface area contributed by atoms with Gasteiger partial charge >= 0.3 is 0 Å². The molecule has 14 atom stereocenters. The fourth-order valence-corrected chi connectivity index (χ4v) is 6.68. The standard InChI is InChI=1S/C32H42O15/c1-13-23(34)25(36)27(38)31(45-13)44-12-22-24(35)26(37)28(39)32(47-22)46-19-7-5-15(9-21(19)41-3)30-17-11-42-29(16(17)10-43-30)14-4-6-18(33)20(8-14)40-2/h4-9,13,16-17,22-39H,10-12H2,1-3H3/t13-,16-,17-,22+,23-,24+,25+,26-,27+,28+,29+,30+,31+,32+/m0/s1. The number of aromatic hydroxyl groups is 1. The molecule has 0 amide bonds. The van der Waals surface area contributed by atoms with Gasteiger partial charge in [0.05, 0.1) is 52.4 Å². The van der Waals surface area contributed by atoms with Crippen LogP contribution in [0.15, 0.2) is 36.4 Å². The van der Waals surface area contributed by atoms with Gasteiger partial charge < -0.3 is 73.6 Å². The van der Waals surface area contributed by atoms with E-state index in [1.165, 1.54) is 21.1 Å². The highest BCUT2D eigenvalue weighted by Gasteiger charge is 2.49. The highest BCUT2D eigenvalue weighted by atomic mass is 16.7. The Morgan fingerprint density at radius 3 is 1.87 bits per heavy atom. The van der Waals surface area contributed by atoms with Gasteiger partial charge in [0.15, 0.2) is 29.3 Å². The summed E-state index contributed by atoms with van der Waals surface area (Å²) < 4.78 is 45.9. The second-order valence-electron chi connectivity index (χ2n) is 12.3. The Balaban J connectivity index is 1.12. The molecule has 0 aromatic heterocycles. The summed E-state index contributed by atoms with van der Waals surface area (Å²) >= 11 is 0. The maximum atomic E-state index is 10.7. The molecule has 4 saturated heterocycles. The molecule has 2 aromatic rings. The van der Waals surface area contributed by atoms with Crippen molar-refractivity contribution >= 4 is 0 Å². The number of aliphatic hydroxyl groups is 6. The van der Waals surface area contributed by atoms with E-state index < -0.39 is 68.0 Å². The summed E-state index contributed by atoms with van der Waals surface area (Å²) in [5.41, 5.74) is 1.70.